The van der Waals surface area contributed by atoms with Crippen LogP contribution in [0.2, 0.25) is 0 Å². The summed E-state index contributed by atoms with van der Waals surface area (Å²) in [5.41, 5.74) is 6.97. The second-order valence-corrected chi connectivity index (χ2v) is 6.20. The topological polar surface area (TPSA) is 75.7 Å². The standard InChI is InChI=1S/C15H22BrNO3.ClH/c1-2-20-12-8-10(7-11(16)15(12)19)13(17)14(18)9-5-3-4-6-9;/h7-9,13-14,18-19H,2-6,17H2,1H3;1H/t13-,14+;/m0./s1. The summed E-state index contributed by atoms with van der Waals surface area (Å²) in [6, 6.07) is 3.00. The molecule has 0 saturated heterocycles. The first-order valence-electron chi connectivity index (χ1n) is 7.13. The first kappa shape index (κ1) is 18.6. The molecule has 4 nitrogen and oxygen atoms in total. The normalized spacial score (nSPS) is 18.1. The molecule has 1 aliphatic carbocycles. The zero-order valence-corrected chi connectivity index (χ0v) is 14.5. The van der Waals surface area contributed by atoms with E-state index in [0.29, 0.717) is 16.8 Å². The average Bonchev–Trinajstić information content (AvgIpc) is 2.96. The van der Waals surface area contributed by atoms with Gasteiger partial charge >= 0.3 is 0 Å². The third kappa shape index (κ3) is 4.25. The number of benzene rings is 1. The quantitative estimate of drug-likeness (QED) is 0.730. The Balaban J connectivity index is 0.00000220. The number of hydrogen-bond acceptors (Lipinski definition) is 4. The number of hydrogen-bond donors (Lipinski definition) is 3. The number of nitrogens with two attached hydrogens (primary N) is 1. The fourth-order valence-corrected chi connectivity index (χ4v) is 3.30. The van der Waals surface area contributed by atoms with Crippen molar-refractivity contribution in [3.63, 3.8) is 0 Å². The largest absolute Gasteiger partial charge is 0.503 e. The second kappa shape index (κ2) is 8.22. The lowest BCUT2D eigenvalue weighted by Gasteiger charge is -2.25. The van der Waals surface area contributed by atoms with E-state index in [4.69, 9.17) is 10.5 Å². The number of aromatic hydroxyl groups is 1. The highest BCUT2D eigenvalue weighted by Gasteiger charge is 2.29. The fourth-order valence-electron chi connectivity index (χ4n) is 2.84. The third-order valence-corrected chi connectivity index (χ3v) is 4.59. The van der Waals surface area contributed by atoms with Gasteiger partial charge in [-0.25, -0.2) is 0 Å². The Morgan fingerprint density at radius 3 is 2.57 bits per heavy atom. The average molecular weight is 381 g/mol. The van der Waals surface area contributed by atoms with Crippen molar-refractivity contribution in [2.45, 2.75) is 44.8 Å². The van der Waals surface area contributed by atoms with E-state index in [0.717, 1.165) is 31.2 Å². The third-order valence-electron chi connectivity index (χ3n) is 3.99. The van der Waals surface area contributed by atoms with Gasteiger partial charge in [-0.05, 0) is 59.3 Å². The number of ether oxygens (including phenoxy) is 1. The number of halogens is 2. The van der Waals surface area contributed by atoms with E-state index in [1.54, 1.807) is 12.1 Å². The van der Waals surface area contributed by atoms with Gasteiger partial charge < -0.3 is 20.7 Å². The summed E-state index contributed by atoms with van der Waals surface area (Å²) in [5.74, 6) is 0.734. The first-order valence-corrected chi connectivity index (χ1v) is 7.92. The lowest BCUT2D eigenvalue weighted by Crippen LogP contribution is -2.32. The van der Waals surface area contributed by atoms with Crippen LogP contribution in [0.3, 0.4) is 0 Å². The highest BCUT2D eigenvalue weighted by molar-refractivity contribution is 9.10. The maximum atomic E-state index is 10.4. The number of phenolic OH excluding ortho intramolecular Hbond substituents is 1. The number of aliphatic hydroxyl groups is 1. The van der Waals surface area contributed by atoms with Gasteiger partial charge in [0.05, 0.1) is 23.2 Å². The van der Waals surface area contributed by atoms with Gasteiger partial charge in [0.2, 0.25) is 0 Å². The molecule has 2 rings (SSSR count). The second-order valence-electron chi connectivity index (χ2n) is 5.34. The molecule has 120 valence electrons. The van der Waals surface area contributed by atoms with E-state index < -0.39 is 12.1 Å². The number of phenols is 1. The zero-order chi connectivity index (χ0) is 14.7. The Labute approximate surface area is 140 Å². The predicted molar refractivity (Wildman–Crippen MR) is 89.1 cm³/mol. The van der Waals surface area contributed by atoms with Crippen LogP contribution in [0.15, 0.2) is 16.6 Å². The molecule has 2 atom stereocenters. The Kier molecular flexibility index (Phi) is 7.27. The Morgan fingerprint density at radius 1 is 1.38 bits per heavy atom. The van der Waals surface area contributed by atoms with Crippen molar-refractivity contribution < 1.29 is 14.9 Å². The van der Waals surface area contributed by atoms with Gasteiger partial charge in [-0.3, -0.25) is 0 Å². The van der Waals surface area contributed by atoms with E-state index in [1.165, 1.54) is 0 Å². The van der Waals surface area contributed by atoms with Gasteiger partial charge in [0.1, 0.15) is 0 Å². The number of rotatable bonds is 5. The Morgan fingerprint density at radius 2 is 2.00 bits per heavy atom. The van der Waals surface area contributed by atoms with Crippen molar-refractivity contribution in [2.75, 3.05) is 6.61 Å². The van der Waals surface area contributed by atoms with E-state index in [-0.39, 0.29) is 24.1 Å². The molecule has 4 N–H and O–H groups in total. The summed E-state index contributed by atoms with van der Waals surface area (Å²) in [7, 11) is 0. The molecule has 1 aliphatic rings. The fraction of sp³-hybridized carbons (Fsp3) is 0.600. The van der Waals surface area contributed by atoms with E-state index in [1.807, 2.05) is 6.92 Å². The molecule has 1 aromatic carbocycles. The molecule has 0 heterocycles. The highest BCUT2D eigenvalue weighted by atomic mass is 79.9. The monoisotopic (exact) mass is 379 g/mol. The van der Waals surface area contributed by atoms with Crippen molar-refractivity contribution in [3.05, 3.63) is 22.2 Å². The van der Waals surface area contributed by atoms with Crippen LogP contribution in [0.25, 0.3) is 0 Å². The van der Waals surface area contributed by atoms with Gasteiger partial charge in [-0.15, -0.1) is 12.4 Å². The van der Waals surface area contributed by atoms with Crippen LogP contribution in [0.4, 0.5) is 0 Å². The minimum Gasteiger partial charge on any atom is -0.503 e. The molecule has 0 amide bonds. The summed E-state index contributed by atoms with van der Waals surface area (Å²) in [6.45, 7) is 2.32. The maximum Gasteiger partial charge on any atom is 0.172 e. The molecule has 21 heavy (non-hydrogen) atoms. The summed E-state index contributed by atoms with van der Waals surface area (Å²) in [4.78, 5) is 0. The van der Waals surface area contributed by atoms with Gasteiger partial charge in [0, 0.05) is 0 Å². The first-order chi connectivity index (χ1) is 9.54. The Hall–Kier alpha value is -0.490. The van der Waals surface area contributed by atoms with Crippen LogP contribution in [-0.2, 0) is 0 Å². The molecular formula is C15H23BrClNO3. The molecule has 0 bridgehead atoms. The van der Waals surface area contributed by atoms with Gasteiger partial charge in [-0.1, -0.05) is 12.8 Å². The van der Waals surface area contributed by atoms with Crippen molar-refractivity contribution in [1.82, 2.24) is 0 Å². The van der Waals surface area contributed by atoms with Gasteiger partial charge in [0.25, 0.3) is 0 Å². The SMILES string of the molecule is CCOc1cc([C@H](N)[C@H](O)C2CCCC2)cc(Br)c1O.Cl. The van der Waals surface area contributed by atoms with Crippen LogP contribution in [0.5, 0.6) is 11.5 Å². The molecule has 0 aromatic heterocycles. The summed E-state index contributed by atoms with van der Waals surface area (Å²) in [5, 5.41) is 20.3. The van der Waals surface area contributed by atoms with Crippen LogP contribution in [0.1, 0.15) is 44.2 Å². The molecule has 0 spiro atoms. The molecule has 0 unspecified atom stereocenters. The summed E-state index contributed by atoms with van der Waals surface area (Å²) < 4.78 is 5.93. The smallest absolute Gasteiger partial charge is 0.172 e. The van der Waals surface area contributed by atoms with Crippen LogP contribution >= 0.6 is 28.3 Å². The van der Waals surface area contributed by atoms with Crippen molar-refractivity contribution in [3.8, 4) is 11.5 Å². The van der Waals surface area contributed by atoms with E-state index >= 15 is 0 Å². The summed E-state index contributed by atoms with van der Waals surface area (Å²) >= 11 is 3.30. The van der Waals surface area contributed by atoms with Crippen LogP contribution < -0.4 is 10.5 Å². The van der Waals surface area contributed by atoms with Gasteiger partial charge in [-0.2, -0.15) is 0 Å². The molecular weight excluding hydrogens is 358 g/mol. The maximum absolute atomic E-state index is 10.4. The highest BCUT2D eigenvalue weighted by Crippen LogP contribution is 2.39. The van der Waals surface area contributed by atoms with Crippen LogP contribution in [0, 0.1) is 5.92 Å². The summed E-state index contributed by atoms with van der Waals surface area (Å²) in [6.07, 6.45) is 3.85. The Bertz CT molecular complexity index is 466. The molecule has 1 saturated carbocycles. The molecule has 0 aliphatic heterocycles. The van der Waals surface area contributed by atoms with Crippen LogP contribution in [-0.4, -0.2) is 22.9 Å². The van der Waals surface area contributed by atoms with Gasteiger partial charge in [0.15, 0.2) is 11.5 Å². The molecule has 0 radical (unpaired) electrons. The minimum absolute atomic E-state index is 0. The lowest BCUT2D eigenvalue weighted by atomic mass is 9.91. The molecule has 6 heteroatoms. The zero-order valence-electron chi connectivity index (χ0n) is 12.1. The number of aliphatic hydroxyl groups excluding tert-OH is 1. The van der Waals surface area contributed by atoms with Crippen molar-refractivity contribution in [2.24, 2.45) is 11.7 Å². The minimum atomic E-state index is -0.552. The van der Waals surface area contributed by atoms with Crippen molar-refractivity contribution >= 4 is 28.3 Å². The molecule has 1 fully saturated rings. The molecule has 1 aromatic rings. The van der Waals surface area contributed by atoms with E-state index in [2.05, 4.69) is 15.9 Å². The lowest BCUT2D eigenvalue weighted by molar-refractivity contribution is 0.0843. The van der Waals surface area contributed by atoms with E-state index in [9.17, 15) is 10.2 Å². The van der Waals surface area contributed by atoms with Crippen molar-refractivity contribution in [1.29, 1.82) is 0 Å². The predicted octanol–water partition coefficient (Wildman–Crippen LogP) is 3.53.